The molecule has 0 saturated carbocycles. The number of carbonyl (C=O) groups excluding carboxylic acids is 2. The van der Waals surface area contributed by atoms with E-state index in [-0.39, 0.29) is 16.9 Å². The lowest BCUT2D eigenvalue weighted by Crippen LogP contribution is -2.35. The van der Waals surface area contributed by atoms with Gasteiger partial charge in [-0.3, -0.25) is 9.59 Å². The zero-order valence-corrected chi connectivity index (χ0v) is 22.0. The number of ether oxygens (including phenoxy) is 3. The van der Waals surface area contributed by atoms with Gasteiger partial charge in [0.1, 0.15) is 29.6 Å². The number of carbonyl (C=O) groups is 2. The van der Waals surface area contributed by atoms with E-state index in [0.29, 0.717) is 42.5 Å². The lowest BCUT2D eigenvalue weighted by atomic mass is 9.95. The van der Waals surface area contributed by atoms with Gasteiger partial charge in [0.2, 0.25) is 0 Å². The standard InChI is InChI=1S/C30H32N2O6/c1-31(2)16-17-32-27(21-10-12-22(13-11-21)38-19-20-8-6-5-7-9-20)26(29(34)30(32)35)28(33)24-18-23(36-3)14-15-25(24)37-4/h5-15,18,27,33H,16-17,19H2,1-4H3/b28-26+. The molecule has 1 N–H and O–H groups in total. The Labute approximate surface area is 222 Å². The lowest BCUT2D eigenvalue weighted by molar-refractivity contribution is -0.140. The van der Waals surface area contributed by atoms with E-state index in [1.54, 1.807) is 30.3 Å². The molecule has 198 valence electrons. The number of nitrogens with zero attached hydrogens (tertiary/aromatic N) is 2. The molecule has 1 heterocycles. The predicted molar refractivity (Wildman–Crippen MR) is 144 cm³/mol. The first-order valence-corrected chi connectivity index (χ1v) is 12.3. The number of hydrogen-bond donors (Lipinski definition) is 1. The van der Waals surface area contributed by atoms with Gasteiger partial charge in [0.25, 0.3) is 11.7 Å². The van der Waals surface area contributed by atoms with Crippen molar-refractivity contribution < 1.29 is 28.9 Å². The Morgan fingerprint density at radius 3 is 2.24 bits per heavy atom. The summed E-state index contributed by atoms with van der Waals surface area (Å²) in [6.45, 7) is 1.27. The molecule has 0 spiro atoms. The number of amides is 1. The van der Waals surface area contributed by atoms with E-state index >= 15 is 0 Å². The van der Waals surface area contributed by atoms with E-state index in [1.165, 1.54) is 19.1 Å². The van der Waals surface area contributed by atoms with E-state index in [9.17, 15) is 14.7 Å². The molecule has 8 heteroatoms. The highest BCUT2D eigenvalue weighted by Gasteiger charge is 2.46. The van der Waals surface area contributed by atoms with E-state index in [2.05, 4.69) is 0 Å². The second-order valence-corrected chi connectivity index (χ2v) is 9.21. The average molecular weight is 517 g/mol. The van der Waals surface area contributed by atoms with Crippen LogP contribution >= 0.6 is 0 Å². The van der Waals surface area contributed by atoms with Crippen LogP contribution in [0.1, 0.15) is 22.7 Å². The maximum Gasteiger partial charge on any atom is 0.295 e. The summed E-state index contributed by atoms with van der Waals surface area (Å²) in [6, 6.07) is 21.2. The van der Waals surface area contributed by atoms with Crippen LogP contribution in [0.3, 0.4) is 0 Å². The van der Waals surface area contributed by atoms with Crippen LogP contribution in [-0.2, 0) is 16.2 Å². The Kier molecular flexibility index (Phi) is 8.33. The monoisotopic (exact) mass is 516 g/mol. The number of aliphatic hydroxyl groups is 1. The minimum absolute atomic E-state index is 0.00161. The maximum atomic E-state index is 13.3. The molecule has 1 aliphatic rings. The van der Waals surface area contributed by atoms with Crippen molar-refractivity contribution in [2.45, 2.75) is 12.6 Å². The molecule has 3 aromatic carbocycles. The van der Waals surface area contributed by atoms with E-state index < -0.39 is 17.7 Å². The van der Waals surface area contributed by atoms with Crippen molar-refractivity contribution in [1.29, 1.82) is 0 Å². The minimum Gasteiger partial charge on any atom is -0.507 e. The molecule has 0 aromatic heterocycles. The largest absolute Gasteiger partial charge is 0.507 e. The summed E-state index contributed by atoms with van der Waals surface area (Å²) in [6.07, 6.45) is 0. The fourth-order valence-corrected chi connectivity index (χ4v) is 4.40. The zero-order valence-electron chi connectivity index (χ0n) is 22.0. The first-order chi connectivity index (χ1) is 18.3. The molecule has 1 unspecified atom stereocenters. The molecular formula is C30H32N2O6. The van der Waals surface area contributed by atoms with Crippen molar-refractivity contribution in [1.82, 2.24) is 9.80 Å². The van der Waals surface area contributed by atoms with Crippen molar-refractivity contribution in [2.24, 2.45) is 0 Å². The van der Waals surface area contributed by atoms with Gasteiger partial charge in [0.15, 0.2) is 0 Å². The molecule has 38 heavy (non-hydrogen) atoms. The molecule has 1 atom stereocenters. The van der Waals surface area contributed by atoms with Gasteiger partial charge >= 0.3 is 0 Å². The quantitative estimate of drug-likeness (QED) is 0.245. The highest BCUT2D eigenvalue weighted by atomic mass is 16.5. The van der Waals surface area contributed by atoms with Gasteiger partial charge in [0.05, 0.1) is 31.4 Å². The predicted octanol–water partition coefficient (Wildman–Crippen LogP) is 4.27. The number of hydrogen-bond acceptors (Lipinski definition) is 7. The van der Waals surface area contributed by atoms with E-state index in [1.807, 2.05) is 61.5 Å². The smallest absolute Gasteiger partial charge is 0.295 e. The average Bonchev–Trinajstić information content (AvgIpc) is 3.20. The molecule has 1 aliphatic heterocycles. The summed E-state index contributed by atoms with van der Waals surface area (Å²) in [5.41, 5.74) is 1.99. The summed E-state index contributed by atoms with van der Waals surface area (Å²) < 4.78 is 16.7. The molecule has 8 nitrogen and oxygen atoms in total. The molecule has 3 aromatic rings. The van der Waals surface area contributed by atoms with Crippen LogP contribution in [0.2, 0.25) is 0 Å². The Bertz CT molecular complexity index is 1320. The fraction of sp³-hybridized carbons (Fsp3) is 0.267. The second-order valence-electron chi connectivity index (χ2n) is 9.21. The Morgan fingerprint density at radius 1 is 0.921 bits per heavy atom. The van der Waals surface area contributed by atoms with Crippen LogP contribution in [0.5, 0.6) is 17.2 Å². The van der Waals surface area contributed by atoms with Gasteiger partial charge < -0.3 is 29.1 Å². The summed E-state index contributed by atoms with van der Waals surface area (Å²) in [5, 5.41) is 11.4. The van der Waals surface area contributed by atoms with Gasteiger partial charge in [-0.25, -0.2) is 0 Å². The van der Waals surface area contributed by atoms with Gasteiger partial charge in [-0.1, -0.05) is 42.5 Å². The summed E-state index contributed by atoms with van der Waals surface area (Å²) in [5.74, 6) is -0.250. The summed E-state index contributed by atoms with van der Waals surface area (Å²) in [7, 11) is 6.77. The van der Waals surface area contributed by atoms with Crippen molar-refractivity contribution in [3.8, 4) is 17.2 Å². The molecule has 0 radical (unpaired) electrons. The molecule has 1 fully saturated rings. The number of likely N-dealkylation sites (N-methyl/N-ethyl adjacent to an activating group) is 1. The molecule has 4 rings (SSSR count). The third-order valence-electron chi connectivity index (χ3n) is 6.43. The minimum atomic E-state index is -0.783. The topological polar surface area (TPSA) is 88.5 Å². The fourth-order valence-electron chi connectivity index (χ4n) is 4.40. The number of rotatable bonds is 10. The Hall–Kier alpha value is -4.30. The van der Waals surface area contributed by atoms with Crippen molar-refractivity contribution in [3.63, 3.8) is 0 Å². The van der Waals surface area contributed by atoms with Crippen molar-refractivity contribution in [3.05, 3.63) is 95.1 Å². The summed E-state index contributed by atoms with van der Waals surface area (Å²) in [4.78, 5) is 29.9. The SMILES string of the molecule is COc1ccc(OC)c(/C(O)=C2\C(=O)C(=O)N(CCN(C)C)C2c2ccc(OCc3ccccc3)cc2)c1. The normalized spacial score (nSPS) is 16.7. The lowest BCUT2D eigenvalue weighted by Gasteiger charge is -2.27. The number of likely N-dealkylation sites (tertiary alicyclic amines) is 1. The highest BCUT2D eigenvalue weighted by Crippen LogP contribution is 2.41. The van der Waals surface area contributed by atoms with E-state index in [0.717, 1.165) is 5.56 Å². The number of aliphatic hydroxyl groups excluding tert-OH is 1. The number of benzene rings is 3. The summed E-state index contributed by atoms with van der Waals surface area (Å²) >= 11 is 0. The van der Waals surface area contributed by atoms with Crippen molar-refractivity contribution in [2.75, 3.05) is 41.4 Å². The number of ketones is 1. The maximum absolute atomic E-state index is 13.3. The molecule has 1 amide bonds. The third-order valence-corrected chi connectivity index (χ3v) is 6.43. The van der Waals surface area contributed by atoms with Crippen LogP contribution < -0.4 is 14.2 Å². The molecular weight excluding hydrogens is 484 g/mol. The van der Waals surface area contributed by atoms with Crippen molar-refractivity contribution >= 4 is 17.4 Å². The van der Waals surface area contributed by atoms with Gasteiger partial charge in [-0.2, -0.15) is 0 Å². The highest BCUT2D eigenvalue weighted by molar-refractivity contribution is 6.46. The molecule has 1 saturated heterocycles. The van der Waals surface area contributed by atoms with Crippen LogP contribution in [0.15, 0.2) is 78.4 Å². The van der Waals surface area contributed by atoms with Gasteiger partial charge in [-0.05, 0) is 55.6 Å². The zero-order chi connectivity index (χ0) is 27.2. The van der Waals surface area contributed by atoms with Crippen LogP contribution in [0.25, 0.3) is 5.76 Å². The van der Waals surface area contributed by atoms with E-state index in [4.69, 9.17) is 14.2 Å². The van der Waals surface area contributed by atoms with Crippen LogP contribution in [0.4, 0.5) is 0 Å². The Balaban J connectivity index is 1.74. The molecule has 0 aliphatic carbocycles. The van der Waals surface area contributed by atoms with Crippen LogP contribution in [0, 0.1) is 0 Å². The molecule has 0 bridgehead atoms. The Morgan fingerprint density at radius 2 is 1.61 bits per heavy atom. The second kappa shape index (κ2) is 11.8. The first-order valence-electron chi connectivity index (χ1n) is 12.3. The number of methoxy groups -OCH3 is 2. The number of Topliss-reactive ketones (excluding diaryl/α,β-unsaturated/α-hetero) is 1. The van der Waals surface area contributed by atoms with Crippen LogP contribution in [-0.4, -0.2) is 68.0 Å². The first kappa shape index (κ1) is 26.8. The van der Waals surface area contributed by atoms with Gasteiger partial charge in [-0.15, -0.1) is 0 Å². The third kappa shape index (κ3) is 5.65. The van der Waals surface area contributed by atoms with Gasteiger partial charge in [0, 0.05) is 13.1 Å².